The van der Waals surface area contributed by atoms with Gasteiger partial charge in [0.2, 0.25) is 0 Å². The van der Waals surface area contributed by atoms with Crippen LogP contribution in [0.1, 0.15) is 23.2 Å². The quantitative estimate of drug-likeness (QED) is 0.812. The van der Waals surface area contributed by atoms with Gasteiger partial charge in [-0.1, -0.05) is 6.07 Å². The van der Waals surface area contributed by atoms with E-state index in [0.29, 0.717) is 0 Å². The van der Waals surface area contributed by atoms with Crippen molar-refractivity contribution in [2.45, 2.75) is 24.6 Å². The lowest BCUT2D eigenvalue weighted by Crippen LogP contribution is -2.47. The molecule has 0 saturated heterocycles. The van der Waals surface area contributed by atoms with Crippen LogP contribution in [0.2, 0.25) is 0 Å². The molecule has 0 heterocycles. The Bertz CT molecular complexity index is 454. The highest BCUT2D eigenvalue weighted by molar-refractivity contribution is 14.1. The number of hydrogen-bond acceptors (Lipinski definition) is 1. The predicted octanol–water partition coefficient (Wildman–Crippen LogP) is 3.12. The van der Waals surface area contributed by atoms with Crippen LogP contribution in [0, 0.1) is 3.57 Å². The third-order valence-corrected chi connectivity index (χ3v) is 3.40. The van der Waals surface area contributed by atoms with Crippen molar-refractivity contribution in [2.75, 3.05) is 0 Å². The lowest BCUT2D eigenvalue weighted by atomic mass is 10.2. The van der Waals surface area contributed by atoms with E-state index in [1.165, 1.54) is 6.07 Å². The monoisotopic (exact) mass is 355 g/mol. The molecule has 1 fully saturated rings. The van der Waals surface area contributed by atoms with Crippen molar-refractivity contribution in [1.82, 2.24) is 5.32 Å². The van der Waals surface area contributed by atoms with Gasteiger partial charge in [-0.05, 0) is 53.6 Å². The zero-order valence-corrected chi connectivity index (χ0v) is 10.8. The van der Waals surface area contributed by atoms with E-state index in [1.807, 2.05) is 22.6 Å². The molecule has 17 heavy (non-hydrogen) atoms. The summed E-state index contributed by atoms with van der Waals surface area (Å²) >= 11 is 2.01. The van der Waals surface area contributed by atoms with Crippen LogP contribution in [0.3, 0.4) is 0 Å². The van der Waals surface area contributed by atoms with Crippen molar-refractivity contribution < 1.29 is 18.0 Å². The maximum atomic E-state index is 12.6. The molecule has 1 saturated carbocycles. The second kappa shape index (κ2) is 4.15. The number of benzene rings is 1. The fourth-order valence-corrected chi connectivity index (χ4v) is 2.07. The van der Waals surface area contributed by atoms with Crippen molar-refractivity contribution in [2.24, 2.45) is 0 Å². The smallest absolute Gasteiger partial charge is 0.338 e. The van der Waals surface area contributed by atoms with Gasteiger partial charge in [-0.15, -0.1) is 0 Å². The summed E-state index contributed by atoms with van der Waals surface area (Å²) in [6.45, 7) is 0. The molecule has 0 atom stereocenters. The van der Waals surface area contributed by atoms with Crippen LogP contribution in [-0.4, -0.2) is 17.6 Å². The van der Waals surface area contributed by atoms with Crippen LogP contribution in [-0.2, 0) is 0 Å². The molecular formula is C11H9F3INO. The molecule has 1 aromatic carbocycles. The number of carbonyl (C=O) groups is 1. The largest absolute Gasteiger partial charge is 0.411 e. The molecule has 0 unspecified atom stereocenters. The van der Waals surface area contributed by atoms with Crippen LogP contribution in [0.4, 0.5) is 13.2 Å². The predicted molar refractivity (Wildman–Crippen MR) is 64.6 cm³/mol. The summed E-state index contributed by atoms with van der Waals surface area (Å²) in [6.07, 6.45) is -4.44. The molecule has 0 aromatic heterocycles. The topological polar surface area (TPSA) is 29.1 Å². The molecule has 1 aliphatic rings. The molecule has 1 aliphatic carbocycles. The first kappa shape index (κ1) is 12.7. The highest BCUT2D eigenvalue weighted by Gasteiger charge is 2.64. The fraction of sp³-hybridized carbons (Fsp3) is 0.364. The van der Waals surface area contributed by atoms with E-state index in [2.05, 4.69) is 5.32 Å². The number of carbonyl (C=O) groups excluding carboxylic acids is 1. The second-order valence-electron chi connectivity index (χ2n) is 4.04. The van der Waals surface area contributed by atoms with Crippen LogP contribution < -0.4 is 5.32 Å². The van der Waals surface area contributed by atoms with E-state index in [4.69, 9.17) is 0 Å². The zero-order chi connectivity index (χ0) is 12.7. The average Bonchev–Trinajstić information content (AvgIpc) is 2.98. The fourth-order valence-electron chi connectivity index (χ4n) is 1.52. The summed E-state index contributed by atoms with van der Waals surface area (Å²) in [5, 5.41) is 2.08. The first-order chi connectivity index (χ1) is 7.84. The minimum absolute atomic E-state index is 0.0355. The van der Waals surface area contributed by atoms with Gasteiger partial charge in [0.1, 0.15) is 5.54 Å². The standard InChI is InChI=1S/C11H9F3INO/c12-11(13,14)10(4-5-10)16-9(17)7-2-1-3-8(15)6-7/h1-3,6H,4-5H2,(H,16,17). The maximum Gasteiger partial charge on any atom is 0.411 e. The number of alkyl halides is 3. The normalized spacial score (nSPS) is 17.6. The van der Waals surface area contributed by atoms with E-state index in [-0.39, 0.29) is 18.4 Å². The SMILES string of the molecule is O=C(NC1(C(F)(F)F)CC1)c1cccc(I)c1. The van der Waals surface area contributed by atoms with Gasteiger partial charge in [-0.3, -0.25) is 4.79 Å². The Hall–Kier alpha value is -0.790. The molecule has 0 aliphatic heterocycles. The van der Waals surface area contributed by atoms with Crippen LogP contribution in [0.25, 0.3) is 0 Å². The maximum absolute atomic E-state index is 12.6. The van der Waals surface area contributed by atoms with Gasteiger partial charge >= 0.3 is 6.18 Å². The highest BCUT2D eigenvalue weighted by Crippen LogP contribution is 2.49. The van der Waals surface area contributed by atoms with Gasteiger partial charge in [-0.2, -0.15) is 13.2 Å². The molecule has 0 spiro atoms. The van der Waals surface area contributed by atoms with Gasteiger partial charge in [0, 0.05) is 9.13 Å². The van der Waals surface area contributed by atoms with E-state index in [0.717, 1.165) is 3.57 Å². The van der Waals surface area contributed by atoms with Crippen molar-refractivity contribution in [3.05, 3.63) is 33.4 Å². The molecule has 2 nitrogen and oxygen atoms in total. The van der Waals surface area contributed by atoms with Gasteiger partial charge < -0.3 is 5.32 Å². The van der Waals surface area contributed by atoms with Crippen molar-refractivity contribution in [3.63, 3.8) is 0 Å². The minimum Gasteiger partial charge on any atom is -0.338 e. The molecule has 92 valence electrons. The Morgan fingerprint density at radius 3 is 2.47 bits per heavy atom. The Labute approximate surface area is 110 Å². The molecule has 1 aromatic rings. The van der Waals surface area contributed by atoms with Gasteiger partial charge in [0.05, 0.1) is 0 Å². The number of amides is 1. The molecule has 1 amide bonds. The summed E-state index contributed by atoms with van der Waals surface area (Å²) in [4.78, 5) is 11.7. The third kappa shape index (κ3) is 2.56. The molecule has 1 N–H and O–H groups in total. The van der Waals surface area contributed by atoms with Gasteiger partial charge in [-0.25, -0.2) is 0 Å². The molecule has 6 heteroatoms. The lowest BCUT2D eigenvalue weighted by Gasteiger charge is -2.20. The van der Waals surface area contributed by atoms with Gasteiger partial charge in [0.15, 0.2) is 0 Å². The first-order valence-corrected chi connectivity index (χ1v) is 6.07. The van der Waals surface area contributed by atoms with Crippen LogP contribution in [0.5, 0.6) is 0 Å². The van der Waals surface area contributed by atoms with E-state index >= 15 is 0 Å². The van der Waals surface area contributed by atoms with Gasteiger partial charge in [0.25, 0.3) is 5.91 Å². The minimum atomic E-state index is -4.37. The van der Waals surface area contributed by atoms with E-state index in [9.17, 15) is 18.0 Å². The van der Waals surface area contributed by atoms with Crippen molar-refractivity contribution >= 4 is 28.5 Å². The second-order valence-corrected chi connectivity index (χ2v) is 5.29. The first-order valence-electron chi connectivity index (χ1n) is 4.99. The van der Waals surface area contributed by atoms with E-state index < -0.39 is 17.6 Å². The summed E-state index contributed by atoms with van der Waals surface area (Å²) in [5.74, 6) is -0.668. The molecule has 2 rings (SSSR count). The number of hydrogen-bond donors (Lipinski definition) is 1. The number of nitrogens with one attached hydrogen (secondary N) is 1. The van der Waals surface area contributed by atoms with Crippen molar-refractivity contribution in [1.29, 1.82) is 0 Å². The highest BCUT2D eigenvalue weighted by atomic mass is 127. The summed E-state index contributed by atoms with van der Waals surface area (Å²) in [6, 6.07) is 6.48. The Morgan fingerprint density at radius 1 is 1.35 bits per heavy atom. The zero-order valence-electron chi connectivity index (χ0n) is 8.64. The van der Waals surface area contributed by atoms with Crippen LogP contribution >= 0.6 is 22.6 Å². The third-order valence-electron chi connectivity index (χ3n) is 2.73. The Kier molecular flexibility index (Phi) is 3.09. The summed E-state index contributed by atoms with van der Waals surface area (Å²) < 4.78 is 38.7. The van der Waals surface area contributed by atoms with E-state index in [1.54, 1.807) is 18.2 Å². The average molecular weight is 355 g/mol. The number of rotatable bonds is 2. The molecule has 0 radical (unpaired) electrons. The van der Waals surface area contributed by atoms with Crippen molar-refractivity contribution in [3.8, 4) is 0 Å². The summed E-state index contributed by atoms with van der Waals surface area (Å²) in [7, 11) is 0. The Balaban J connectivity index is 2.13. The Morgan fingerprint density at radius 2 is 2.00 bits per heavy atom. The lowest BCUT2D eigenvalue weighted by molar-refractivity contribution is -0.163. The summed E-state index contributed by atoms with van der Waals surface area (Å²) in [5.41, 5.74) is -1.74. The van der Waals surface area contributed by atoms with Crippen LogP contribution in [0.15, 0.2) is 24.3 Å². The molecular weight excluding hydrogens is 346 g/mol. The molecule has 0 bridgehead atoms. The number of halogens is 4.